The number of nitrogens with zero attached hydrogens (tertiary/aromatic N) is 7. The lowest BCUT2D eigenvalue weighted by molar-refractivity contribution is -0.133. The van der Waals surface area contributed by atoms with Crippen LogP contribution in [0.1, 0.15) is 18.7 Å². The maximum absolute atomic E-state index is 12.5. The van der Waals surface area contributed by atoms with E-state index in [0.29, 0.717) is 36.3 Å². The third-order valence-electron chi connectivity index (χ3n) is 4.45. The molecule has 0 radical (unpaired) electrons. The van der Waals surface area contributed by atoms with Gasteiger partial charge in [-0.1, -0.05) is 5.16 Å². The highest BCUT2D eigenvalue weighted by atomic mass is 16.5. The molecule has 3 aromatic rings. The summed E-state index contributed by atoms with van der Waals surface area (Å²) >= 11 is 0. The van der Waals surface area contributed by atoms with Crippen molar-refractivity contribution < 1.29 is 9.32 Å². The van der Waals surface area contributed by atoms with Crippen LogP contribution in [0.3, 0.4) is 0 Å². The summed E-state index contributed by atoms with van der Waals surface area (Å²) in [6, 6.07) is 1.82. The summed E-state index contributed by atoms with van der Waals surface area (Å²) < 4.78 is 7.01. The smallest absolute Gasteiger partial charge is 0.244 e. The molecule has 1 aliphatic heterocycles. The zero-order valence-electron chi connectivity index (χ0n) is 14.2. The van der Waals surface area contributed by atoms with Gasteiger partial charge in [0.25, 0.3) is 0 Å². The van der Waals surface area contributed by atoms with Crippen LogP contribution in [0.2, 0.25) is 0 Å². The molecule has 0 N–H and O–H groups in total. The molecule has 134 valence electrons. The highest BCUT2D eigenvalue weighted by Crippen LogP contribution is 2.21. The van der Waals surface area contributed by atoms with E-state index in [1.54, 1.807) is 35.7 Å². The van der Waals surface area contributed by atoms with Crippen LogP contribution in [0.15, 0.2) is 41.6 Å². The Labute approximate surface area is 150 Å². The van der Waals surface area contributed by atoms with Crippen LogP contribution in [0, 0.1) is 5.92 Å². The molecule has 4 rings (SSSR count). The van der Waals surface area contributed by atoms with Gasteiger partial charge in [-0.3, -0.25) is 14.5 Å². The van der Waals surface area contributed by atoms with Gasteiger partial charge >= 0.3 is 0 Å². The molecule has 1 fully saturated rings. The molecule has 3 aromatic heterocycles. The minimum absolute atomic E-state index is 0.0872. The van der Waals surface area contributed by atoms with Crippen molar-refractivity contribution in [3.05, 3.63) is 42.9 Å². The topological polar surface area (TPSA) is 103 Å². The largest absolute Gasteiger partial charge is 0.341 e. The zero-order valence-corrected chi connectivity index (χ0v) is 14.2. The summed E-state index contributed by atoms with van der Waals surface area (Å²) in [6.45, 7) is 1.76. The summed E-state index contributed by atoms with van der Waals surface area (Å²) in [5, 5.41) is 8.07. The average Bonchev–Trinajstić information content (AvgIpc) is 3.35. The van der Waals surface area contributed by atoms with Gasteiger partial charge in [-0.05, 0) is 24.8 Å². The van der Waals surface area contributed by atoms with Crippen molar-refractivity contribution in [3.63, 3.8) is 0 Å². The third kappa shape index (κ3) is 3.76. The summed E-state index contributed by atoms with van der Waals surface area (Å²) in [5.74, 6) is 1.40. The van der Waals surface area contributed by atoms with Crippen LogP contribution in [0.5, 0.6) is 0 Å². The predicted octanol–water partition coefficient (Wildman–Crippen LogP) is 1.20. The van der Waals surface area contributed by atoms with Gasteiger partial charge in [-0.2, -0.15) is 10.1 Å². The van der Waals surface area contributed by atoms with Gasteiger partial charge in [0.1, 0.15) is 12.2 Å². The van der Waals surface area contributed by atoms with Crippen LogP contribution in [-0.2, 0) is 17.8 Å². The van der Waals surface area contributed by atoms with E-state index in [2.05, 4.69) is 25.2 Å². The first-order chi connectivity index (χ1) is 12.8. The van der Waals surface area contributed by atoms with Gasteiger partial charge in [-0.15, -0.1) is 0 Å². The number of aromatic nitrogens is 6. The third-order valence-corrected chi connectivity index (χ3v) is 4.45. The van der Waals surface area contributed by atoms with Gasteiger partial charge in [-0.25, -0.2) is 4.98 Å². The minimum atomic E-state index is 0.0872. The molecular weight excluding hydrogens is 334 g/mol. The molecule has 0 bridgehead atoms. The summed E-state index contributed by atoms with van der Waals surface area (Å²) in [6.07, 6.45) is 10.9. The first kappa shape index (κ1) is 16.4. The van der Waals surface area contributed by atoms with Crippen molar-refractivity contribution in [2.45, 2.75) is 25.8 Å². The second-order valence-corrected chi connectivity index (χ2v) is 6.36. The van der Waals surface area contributed by atoms with Crippen molar-refractivity contribution in [2.75, 3.05) is 13.1 Å². The van der Waals surface area contributed by atoms with Crippen LogP contribution in [0.4, 0.5) is 0 Å². The number of carbonyl (C=O) groups is 1. The molecule has 1 unspecified atom stereocenters. The van der Waals surface area contributed by atoms with Gasteiger partial charge < -0.3 is 9.42 Å². The van der Waals surface area contributed by atoms with E-state index in [4.69, 9.17) is 4.52 Å². The van der Waals surface area contributed by atoms with E-state index in [1.807, 2.05) is 11.0 Å². The normalized spacial score (nSPS) is 17.4. The van der Waals surface area contributed by atoms with E-state index in [0.717, 1.165) is 19.4 Å². The molecule has 1 atom stereocenters. The Balaban J connectivity index is 1.36. The van der Waals surface area contributed by atoms with Crippen LogP contribution in [-0.4, -0.2) is 53.8 Å². The summed E-state index contributed by atoms with van der Waals surface area (Å²) in [7, 11) is 0. The van der Waals surface area contributed by atoms with Crippen LogP contribution in [0.25, 0.3) is 11.5 Å². The summed E-state index contributed by atoms with van der Waals surface area (Å²) in [5.41, 5.74) is 0.585. The molecule has 1 aliphatic rings. The van der Waals surface area contributed by atoms with Crippen molar-refractivity contribution in [1.29, 1.82) is 0 Å². The lowest BCUT2D eigenvalue weighted by atomic mass is 9.94. The second-order valence-electron chi connectivity index (χ2n) is 6.36. The fourth-order valence-electron chi connectivity index (χ4n) is 3.19. The average molecular weight is 353 g/mol. The molecular formula is C17H19N7O2. The van der Waals surface area contributed by atoms with Gasteiger partial charge in [0, 0.05) is 44.3 Å². The van der Waals surface area contributed by atoms with E-state index in [1.165, 1.54) is 0 Å². The standard InChI is InChI=1S/C17H19N7O2/c25-16(12-24-8-2-4-20-24)23-7-1-3-13(11-23)9-15-21-17(22-26-15)14-10-18-5-6-19-14/h2,4-6,8,10,13H,1,3,7,9,11-12H2. The van der Waals surface area contributed by atoms with Crippen LogP contribution >= 0.6 is 0 Å². The fourth-order valence-corrected chi connectivity index (χ4v) is 3.19. The first-order valence-corrected chi connectivity index (χ1v) is 8.62. The summed E-state index contributed by atoms with van der Waals surface area (Å²) in [4.78, 5) is 26.9. The highest BCUT2D eigenvalue weighted by molar-refractivity contribution is 5.76. The molecule has 1 amide bonds. The number of hydrogen-bond donors (Lipinski definition) is 0. The SMILES string of the molecule is O=C(Cn1cccn1)N1CCCC(Cc2nc(-c3cnccn3)no2)C1. The first-order valence-electron chi connectivity index (χ1n) is 8.62. The molecule has 4 heterocycles. The van der Waals surface area contributed by atoms with Crippen molar-refractivity contribution in [1.82, 2.24) is 34.8 Å². The Morgan fingerprint density at radius 2 is 2.27 bits per heavy atom. The zero-order chi connectivity index (χ0) is 17.8. The van der Waals surface area contributed by atoms with E-state index in [9.17, 15) is 4.79 Å². The maximum Gasteiger partial charge on any atom is 0.244 e. The van der Waals surface area contributed by atoms with Crippen LogP contribution < -0.4 is 0 Å². The molecule has 26 heavy (non-hydrogen) atoms. The quantitative estimate of drug-likeness (QED) is 0.679. The van der Waals surface area contributed by atoms with E-state index < -0.39 is 0 Å². The molecule has 0 aliphatic carbocycles. The molecule has 0 spiro atoms. The lowest BCUT2D eigenvalue weighted by Gasteiger charge is -2.32. The number of hydrogen-bond acceptors (Lipinski definition) is 7. The number of piperidine rings is 1. The van der Waals surface area contributed by atoms with Crippen molar-refractivity contribution in [3.8, 4) is 11.5 Å². The Morgan fingerprint density at radius 3 is 3.08 bits per heavy atom. The number of amides is 1. The minimum Gasteiger partial charge on any atom is -0.341 e. The number of carbonyl (C=O) groups excluding carboxylic acids is 1. The van der Waals surface area contributed by atoms with Gasteiger partial charge in [0.05, 0.1) is 6.20 Å². The monoisotopic (exact) mass is 353 g/mol. The lowest BCUT2D eigenvalue weighted by Crippen LogP contribution is -2.42. The highest BCUT2D eigenvalue weighted by Gasteiger charge is 2.25. The Hall–Kier alpha value is -3.10. The molecule has 9 nitrogen and oxygen atoms in total. The number of rotatable bonds is 5. The van der Waals surface area contributed by atoms with Crippen molar-refractivity contribution in [2.24, 2.45) is 5.92 Å². The Bertz CT molecular complexity index is 847. The second kappa shape index (κ2) is 7.42. The molecule has 1 saturated heterocycles. The van der Waals surface area contributed by atoms with E-state index in [-0.39, 0.29) is 12.5 Å². The number of likely N-dealkylation sites (tertiary alicyclic amines) is 1. The van der Waals surface area contributed by atoms with Crippen molar-refractivity contribution >= 4 is 5.91 Å². The Kier molecular flexibility index (Phi) is 4.67. The maximum atomic E-state index is 12.5. The fraction of sp³-hybridized carbons (Fsp3) is 0.412. The Morgan fingerprint density at radius 1 is 1.31 bits per heavy atom. The molecule has 0 saturated carbocycles. The van der Waals surface area contributed by atoms with E-state index >= 15 is 0 Å². The van der Waals surface area contributed by atoms with Gasteiger partial charge in [0.2, 0.25) is 17.6 Å². The molecule has 0 aromatic carbocycles. The molecule has 9 heteroatoms. The predicted molar refractivity (Wildman–Crippen MR) is 90.6 cm³/mol. The van der Waals surface area contributed by atoms with Gasteiger partial charge in [0.15, 0.2) is 0 Å².